The smallest absolute Gasteiger partial charge is 0.293 e. The number of carbonyl (C=O) groups excluding carboxylic acids is 2. The third kappa shape index (κ3) is 4.63. The topological polar surface area (TPSA) is 40.6 Å². The van der Waals surface area contributed by atoms with Crippen LogP contribution in [-0.2, 0) is 11.3 Å². The molecule has 0 radical (unpaired) electrons. The minimum atomic E-state index is -0.300. The van der Waals surface area contributed by atoms with Gasteiger partial charge in [0.25, 0.3) is 11.1 Å². The fourth-order valence-corrected chi connectivity index (χ4v) is 4.85. The number of benzene rings is 2. The zero-order valence-electron chi connectivity index (χ0n) is 15.7. The van der Waals surface area contributed by atoms with Crippen molar-refractivity contribution in [3.63, 3.8) is 0 Å². The van der Waals surface area contributed by atoms with Crippen molar-refractivity contribution in [1.29, 1.82) is 0 Å². The average Bonchev–Trinajstić information content (AvgIpc) is 2.98. The number of imide groups is 1. The molecule has 2 amide bonds. The molecule has 2 aliphatic heterocycles. The molecule has 0 spiro atoms. The van der Waals surface area contributed by atoms with Crippen LogP contribution in [0.5, 0.6) is 0 Å². The van der Waals surface area contributed by atoms with Gasteiger partial charge < -0.3 is 4.90 Å². The number of thioether (sulfide) groups is 1. The van der Waals surface area contributed by atoms with E-state index in [1.54, 1.807) is 24.3 Å². The summed E-state index contributed by atoms with van der Waals surface area (Å²) in [6, 6.07) is 13.2. The Morgan fingerprint density at radius 2 is 1.69 bits per heavy atom. The third-order valence-corrected chi connectivity index (χ3v) is 6.62. The van der Waals surface area contributed by atoms with E-state index in [-0.39, 0.29) is 17.7 Å². The Morgan fingerprint density at radius 1 is 0.966 bits per heavy atom. The molecular formula is C22H20Cl2N2O2S. The van der Waals surface area contributed by atoms with Crippen LogP contribution in [0.15, 0.2) is 47.4 Å². The number of anilines is 1. The van der Waals surface area contributed by atoms with Crippen LogP contribution in [0.1, 0.15) is 30.4 Å². The van der Waals surface area contributed by atoms with Crippen LogP contribution in [0.4, 0.5) is 10.5 Å². The van der Waals surface area contributed by atoms with Crippen LogP contribution in [0.2, 0.25) is 10.0 Å². The molecule has 2 aliphatic rings. The van der Waals surface area contributed by atoms with Crippen molar-refractivity contribution in [3.8, 4) is 0 Å². The molecule has 2 fully saturated rings. The highest BCUT2D eigenvalue weighted by atomic mass is 35.5. The van der Waals surface area contributed by atoms with Gasteiger partial charge in [-0.3, -0.25) is 14.5 Å². The fraction of sp³-hybridized carbons (Fsp3) is 0.273. The summed E-state index contributed by atoms with van der Waals surface area (Å²) in [5.41, 5.74) is 2.79. The van der Waals surface area contributed by atoms with Crippen LogP contribution in [0.3, 0.4) is 0 Å². The van der Waals surface area contributed by atoms with Crippen molar-refractivity contribution in [2.45, 2.75) is 25.8 Å². The summed E-state index contributed by atoms with van der Waals surface area (Å²) in [6.07, 6.45) is 5.53. The van der Waals surface area contributed by atoms with E-state index >= 15 is 0 Å². The Hall–Kier alpha value is -1.95. The summed E-state index contributed by atoms with van der Waals surface area (Å²) in [6.45, 7) is 2.31. The average molecular weight is 447 g/mol. The Balaban J connectivity index is 1.48. The lowest BCUT2D eigenvalue weighted by molar-refractivity contribution is -0.123. The summed E-state index contributed by atoms with van der Waals surface area (Å²) >= 11 is 13.1. The molecule has 0 bridgehead atoms. The quantitative estimate of drug-likeness (QED) is 0.522. The Labute approximate surface area is 184 Å². The van der Waals surface area contributed by atoms with Gasteiger partial charge in [-0.15, -0.1) is 0 Å². The molecule has 0 saturated carbocycles. The van der Waals surface area contributed by atoms with Crippen LogP contribution in [0, 0.1) is 0 Å². The van der Waals surface area contributed by atoms with Gasteiger partial charge in [-0.25, -0.2) is 0 Å². The summed E-state index contributed by atoms with van der Waals surface area (Å²) in [5.74, 6) is -0.300. The molecule has 0 unspecified atom stereocenters. The van der Waals surface area contributed by atoms with E-state index in [1.807, 2.05) is 12.1 Å². The Kier molecular flexibility index (Phi) is 6.18. The summed E-state index contributed by atoms with van der Waals surface area (Å²) in [5, 5.41) is 0.659. The van der Waals surface area contributed by atoms with Gasteiger partial charge in [0, 0.05) is 28.8 Å². The fourth-order valence-electron chi connectivity index (χ4n) is 3.54. The van der Waals surface area contributed by atoms with Crippen molar-refractivity contribution in [2.75, 3.05) is 18.0 Å². The Morgan fingerprint density at radius 3 is 2.38 bits per heavy atom. The maximum atomic E-state index is 12.8. The minimum absolute atomic E-state index is 0.131. The monoisotopic (exact) mass is 446 g/mol. The maximum absolute atomic E-state index is 12.8. The van der Waals surface area contributed by atoms with Crippen LogP contribution < -0.4 is 4.90 Å². The number of hydrogen-bond donors (Lipinski definition) is 0. The van der Waals surface area contributed by atoms with E-state index < -0.39 is 0 Å². The number of carbonyl (C=O) groups is 2. The Bertz CT molecular complexity index is 969. The summed E-state index contributed by atoms with van der Waals surface area (Å²) < 4.78 is 0. The number of piperidine rings is 1. The van der Waals surface area contributed by atoms with Crippen LogP contribution in [0.25, 0.3) is 6.08 Å². The standard InChI is InChI=1S/C22H20Cl2N2O2S/c23-17-7-6-16(19(24)13-17)14-26-21(27)20(29-22(26)28)12-15-4-8-18(9-5-15)25-10-2-1-3-11-25/h4-9,12-13H,1-3,10-11,14H2/b20-12-. The first-order chi connectivity index (χ1) is 14.0. The van der Waals surface area contributed by atoms with Gasteiger partial charge in [0.05, 0.1) is 11.4 Å². The SMILES string of the molecule is O=C1S/C(=C\c2ccc(N3CCCCC3)cc2)C(=O)N1Cc1ccc(Cl)cc1Cl. The zero-order chi connectivity index (χ0) is 20.4. The first kappa shape index (κ1) is 20.3. The summed E-state index contributed by atoms with van der Waals surface area (Å²) in [7, 11) is 0. The van der Waals surface area contributed by atoms with Crippen LogP contribution in [-0.4, -0.2) is 29.1 Å². The first-order valence-corrected chi connectivity index (χ1v) is 11.1. The molecule has 2 heterocycles. The van der Waals surface area contributed by atoms with Gasteiger partial charge in [0.15, 0.2) is 0 Å². The van der Waals surface area contributed by atoms with Gasteiger partial charge in [-0.2, -0.15) is 0 Å². The molecule has 0 aliphatic carbocycles. The number of hydrogen-bond acceptors (Lipinski definition) is 4. The second-order valence-corrected chi connectivity index (χ2v) is 8.98. The molecule has 150 valence electrons. The largest absolute Gasteiger partial charge is 0.372 e. The van der Waals surface area contributed by atoms with Crippen molar-refractivity contribution < 1.29 is 9.59 Å². The molecule has 4 nitrogen and oxygen atoms in total. The first-order valence-electron chi connectivity index (χ1n) is 9.55. The predicted octanol–water partition coefficient (Wildman–Crippen LogP) is 6.22. The van der Waals surface area contributed by atoms with Gasteiger partial charge in [-0.05, 0) is 72.5 Å². The van der Waals surface area contributed by atoms with Crippen molar-refractivity contribution in [1.82, 2.24) is 4.90 Å². The molecular weight excluding hydrogens is 427 g/mol. The van der Waals surface area contributed by atoms with Gasteiger partial charge in [0.2, 0.25) is 0 Å². The van der Waals surface area contributed by atoms with E-state index in [1.165, 1.54) is 29.8 Å². The number of nitrogens with zero attached hydrogens (tertiary/aromatic N) is 2. The highest BCUT2D eigenvalue weighted by molar-refractivity contribution is 8.18. The highest BCUT2D eigenvalue weighted by Crippen LogP contribution is 2.34. The van der Waals surface area contributed by atoms with Crippen molar-refractivity contribution >= 4 is 57.9 Å². The van der Waals surface area contributed by atoms with Crippen molar-refractivity contribution in [2.24, 2.45) is 0 Å². The zero-order valence-corrected chi connectivity index (χ0v) is 18.1. The predicted molar refractivity (Wildman–Crippen MR) is 120 cm³/mol. The van der Waals surface area contributed by atoms with Gasteiger partial charge >= 0.3 is 0 Å². The number of amides is 2. The normalized spacial score (nSPS) is 18.8. The molecule has 2 aromatic carbocycles. The third-order valence-electron chi connectivity index (χ3n) is 5.13. The maximum Gasteiger partial charge on any atom is 0.293 e. The van der Waals surface area contributed by atoms with Crippen LogP contribution >= 0.6 is 35.0 Å². The molecule has 2 saturated heterocycles. The molecule has 29 heavy (non-hydrogen) atoms. The number of halogens is 2. The van der Waals surface area contributed by atoms with Gasteiger partial charge in [0.1, 0.15) is 0 Å². The molecule has 2 aromatic rings. The van der Waals surface area contributed by atoms with E-state index in [9.17, 15) is 9.59 Å². The minimum Gasteiger partial charge on any atom is -0.372 e. The molecule has 4 rings (SSSR count). The molecule has 7 heteroatoms. The highest BCUT2D eigenvalue weighted by Gasteiger charge is 2.35. The number of rotatable bonds is 4. The van der Waals surface area contributed by atoms with E-state index in [0.717, 1.165) is 30.4 Å². The molecule has 0 N–H and O–H groups in total. The lowest BCUT2D eigenvalue weighted by Crippen LogP contribution is -2.29. The van der Waals surface area contributed by atoms with E-state index in [4.69, 9.17) is 23.2 Å². The van der Waals surface area contributed by atoms with E-state index in [0.29, 0.717) is 20.5 Å². The lowest BCUT2D eigenvalue weighted by Gasteiger charge is -2.28. The van der Waals surface area contributed by atoms with E-state index in [2.05, 4.69) is 17.0 Å². The summed E-state index contributed by atoms with van der Waals surface area (Å²) in [4.78, 5) is 29.2. The lowest BCUT2D eigenvalue weighted by atomic mass is 10.1. The molecule has 0 aromatic heterocycles. The molecule has 0 atom stereocenters. The second kappa shape index (κ2) is 8.82. The van der Waals surface area contributed by atoms with Crippen molar-refractivity contribution in [3.05, 3.63) is 68.5 Å². The van der Waals surface area contributed by atoms with Gasteiger partial charge in [-0.1, -0.05) is 41.4 Å². The second-order valence-electron chi connectivity index (χ2n) is 7.14.